The average Bonchev–Trinajstić information content (AvgIpc) is 2.48. The van der Waals surface area contributed by atoms with Crippen LogP contribution >= 0.6 is 0 Å². The van der Waals surface area contributed by atoms with Crippen molar-refractivity contribution >= 4 is 11.4 Å². The van der Waals surface area contributed by atoms with Crippen LogP contribution in [0.25, 0.3) is 0 Å². The number of aryl methyl sites for hydroxylation is 1. The van der Waals surface area contributed by atoms with Crippen LogP contribution in [-0.4, -0.2) is 13.1 Å². The number of benzene rings is 2. The topological polar surface area (TPSA) is 29.3 Å². The van der Waals surface area contributed by atoms with Crippen molar-refractivity contribution in [3.8, 4) is 0 Å². The monoisotopic (exact) mass is 282 g/mol. The van der Waals surface area contributed by atoms with E-state index in [0.29, 0.717) is 5.92 Å². The predicted molar refractivity (Wildman–Crippen MR) is 93.0 cm³/mol. The van der Waals surface area contributed by atoms with E-state index in [4.69, 9.17) is 5.73 Å². The quantitative estimate of drug-likeness (QED) is 0.785. The van der Waals surface area contributed by atoms with Crippen LogP contribution in [0.2, 0.25) is 0 Å². The molecular formula is C19H26N2. The summed E-state index contributed by atoms with van der Waals surface area (Å²) in [7, 11) is 0. The Morgan fingerprint density at radius 1 is 1.10 bits per heavy atom. The van der Waals surface area contributed by atoms with E-state index in [-0.39, 0.29) is 0 Å². The van der Waals surface area contributed by atoms with Gasteiger partial charge in [-0.3, -0.25) is 0 Å². The Kier molecular flexibility index (Phi) is 5.26. The highest BCUT2D eigenvalue weighted by atomic mass is 15.1. The predicted octanol–water partition coefficient (Wildman–Crippen LogP) is 4.60. The summed E-state index contributed by atoms with van der Waals surface area (Å²) in [4.78, 5) is 2.45. The molecule has 0 aliphatic rings. The Morgan fingerprint density at radius 2 is 1.81 bits per heavy atom. The molecule has 21 heavy (non-hydrogen) atoms. The van der Waals surface area contributed by atoms with Crippen LogP contribution in [0.4, 0.5) is 11.4 Å². The van der Waals surface area contributed by atoms with Crippen molar-refractivity contribution in [2.45, 2.75) is 33.1 Å². The number of hydrogen-bond acceptors (Lipinski definition) is 2. The van der Waals surface area contributed by atoms with Gasteiger partial charge < -0.3 is 10.6 Å². The highest BCUT2D eigenvalue weighted by Gasteiger charge is 2.09. The fourth-order valence-corrected chi connectivity index (χ4v) is 2.64. The summed E-state index contributed by atoms with van der Waals surface area (Å²) in [5.41, 5.74) is 10.6. The first-order chi connectivity index (χ1) is 10.1. The summed E-state index contributed by atoms with van der Waals surface area (Å²) in [6.07, 6.45) is 1.14. The molecule has 0 fully saturated rings. The van der Waals surface area contributed by atoms with Gasteiger partial charge in [0.1, 0.15) is 0 Å². The van der Waals surface area contributed by atoms with Gasteiger partial charge in [0, 0.05) is 24.5 Å². The second kappa shape index (κ2) is 7.16. The van der Waals surface area contributed by atoms with Crippen molar-refractivity contribution in [3.05, 3.63) is 59.7 Å². The van der Waals surface area contributed by atoms with Gasteiger partial charge in [-0.05, 0) is 61.6 Å². The largest absolute Gasteiger partial charge is 0.399 e. The van der Waals surface area contributed by atoms with Gasteiger partial charge >= 0.3 is 0 Å². The molecule has 1 atom stereocenters. The zero-order valence-electron chi connectivity index (χ0n) is 13.3. The van der Waals surface area contributed by atoms with Crippen molar-refractivity contribution in [3.63, 3.8) is 0 Å². The minimum absolute atomic E-state index is 0.546. The van der Waals surface area contributed by atoms with Gasteiger partial charge in [0.05, 0.1) is 0 Å². The van der Waals surface area contributed by atoms with E-state index in [9.17, 15) is 0 Å². The second-order valence-corrected chi connectivity index (χ2v) is 5.78. The average molecular weight is 282 g/mol. The number of nitrogen functional groups attached to an aromatic ring is 1. The first-order valence-corrected chi connectivity index (χ1v) is 7.77. The van der Waals surface area contributed by atoms with Gasteiger partial charge in [-0.25, -0.2) is 0 Å². The van der Waals surface area contributed by atoms with Crippen molar-refractivity contribution in [2.75, 3.05) is 23.7 Å². The molecule has 2 aromatic carbocycles. The van der Waals surface area contributed by atoms with E-state index in [1.165, 1.54) is 16.8 Å². The molecule has 0 heterocycles. The molecule has 0 saturated heterocycles. The molecule has 2 heteroatoms. The molecule has 0 aliphatic heterocycles. The first-order valence-electron chi connectivity index (χ1n) is 7.77. The van der Waals surface area contributed by atoms with E-state index in [0.717, 1.165) is 25.2 Å². The van der Waals surface area contributed by atoms with E-state index in [1.54, 1.807) is 0 Å². The lowest BCUT2D eigenvalue weighted by molar-refractivity contribution is 0.654. The van der Waals surface area contributed by atoms with E-state index < -0.39 is 0 Å². The van der Waals surface area contributed by atoms with Crippen molar-refractivity contribution in [2.24, 2.45) is 0 Å². The molecule has 2 N–H and O–H groups in total. The minimum Gasteiger partial charge on any atom is -0.399 e. The summed E-state index contributed by atoms with van der Waals surface area (Å²) in [6.45, 7) is 8.77. The summed E-state index contributed by atoms with van der Waals surface area (Å²) in [5, 5.41) is 0. The molecule has 2 rings (SSSR count). The van der Waals surface area contributed by atoms with Crippen LogP contribution in [0.15, 0.2) is 48.5 Å². The van der Waals surface area contributed by atoms with Crippen molar-refractivity contribution < 1.29 is 0 Å². The van der Waals surface area contributed by atoms with Gasteiger partial charge in [0.25, 0.3) is 0 Å². The molecule has 0 aromatic heterocycles. The van der Waals surface area contributed by atoms with Crippen LogP contribution in [0, 0.1) is 6.92 Å². The van der Waals surface area contributed by atoms with Crippen LogP contribution in [0.1, 0.15) is 37.3 Å². The summed E-state index contributed by atoms with van der Waals surface area (Å²) < 4.78 is 0. The van der Waals surface area contributed by atoms with Crippen LogP contribution in [0.5, 0.6) is 0 Å². The van der Waals surface area contributed by atoms with Gasteiger partial charge in [-0.15, -0.1) is 0 Å². The lowest BCUT2D eigenvalue weighted by Gasteiger charge is -2.25. The first kappa shape index (κ1) is 15.4. The number of nitrogens with zero attached hydrogens (tertiary/aromatic N) is 1. The third-order valence-electron chi connectivity index (χ3n) is 4.09. The fraction of sp³-hybridized carbons (Fsp3) is 0.368. The minimum atomic E-state index is 0.546. The zero-order valence-corrected chi connectivity index (χ0v) is 13.3. The van der Waals surface area contributed by atoms with Gasteiger partial charge in [0.2, 0.25) is 0 Å². The lowest BCUT2D eigenvalue weighted by Crippen LogP contribution is -2.25. The smallest absolute Gasteiger partial charge is 0.0368 e. The molecule has 0 amide bonds. The molecule has 0 spiro atoms. The molecule has 0 radical (unpaired) electrons. The highest BCUT2D eigenvalue weighted by Crippen LogP contribution is 2.22. The van der Waals surface area contributed by atoms with Gasteiger partial charge in [-0.2, -0.15) is 0 Å². The Hall–Kier alpha value is -1.96. The second-order valence-electron chi connectivity index (χ2n) is 5.78. The van der Waals surface area contributed by atoms with Crippen LogP contribution in [-0.2, 0) is 0 Å². The molecule has 112 valence electrons. The SMILES string of the molecule is CCN(CCC(C)c1ccc(N)cc1)c1cccc(C)c1. The Balaban J connectivity index is 1.98. The van der Waals surface area contributed by atoms with Crippen molar-refractivity contribution in [1.82, 2.24) is 0 Å². The fourth-order valence-electron chi connectivity index (χ4n) is 2.64. The number of hydrogen-bond donors (Lipinski definition) is 1. The molecule has 0 saturated carbocycles. The van der Waals surface area contributed by atoms with Crippen molar-refractivity contribution in [1.29, 1.82) is 0 Å². The Labute approximate surface area is 128 Å². The standard InChI is InChI=1S/C19H26N2/c1-4-21(19-7-5-6-15(2)14-19)13-12-16(3)17-8-10-18(20)11-9-17/h5-11,14,16H,4,12-13,20H2,1-3H3. The zero-order chi connectivity index (χ0) is 15.2. The maximum Gasteiger partial charge on any atom is 0.0368 e. The summed E-state index contributed by atoms with van der Waals surface area (Å²) in [5.74, 6) is 0.546. The summed E-state index contributed by atoms with van der Waals surface area (Å²) in [6, 6.07) is 17.0. The Bertz CT molecular complexity index is 560. The maximum absolute atomic E-state index is 5.75. The third-order valence-corrected chi connectivity index (χ3v) is 4.09. The number of anilines is 2. The Morgan fingerprint density at radius 3 is 2.43 bits per heavy atom. The molecule has 1 unspecified atom stereocenters. The normalized spacial score (nSPS) is 12.1. The van der Waals surface area contributed by atoms with Crippen LogP contribution in [0.3, 0.4) is 0 Å². The van der Waals surface area contributed by atoms with E-state index in [2.05, 4.69) is 62.1 Å². The third kappa shape index (κ3) is 4.25. The van der Waals surface area contributed by atoms with E-state index in [1.807, 2.05) is 12.1 Å². The number of rotatable bonds is 6. The number of nitrogens with two attached hydrogens (primary N) is 1. The van der Waals surface area contributed by atoms with Crippen LogP contribution < -0.4 is 10.6 Å². The lowest BCUT2D eigenvalue weighted by atomic mass is 9.97. The molecule has 2 aromatic rings. The highest BCUT2D eigenvalue weighted by molar-refractivity contribution is 5.48. The van der Waals surface area contributed by atoms with Gasteiger partial charge in [-0.1, -0.05) is 31.2 Å². The van der Waals surface area contributed by atoms with Gasteiger partial charge in [0.15, 0.2) is 0 Å². The molecule has 0 bridgehead atoms. The van der Waals surface area contributed by atoms with E-state index >= 15 is 0 Å². The molecular weight excluding hydrogens is 256 g/mol. The summed E-state index contributed by atoms with van der Waals surface area (Å²) >= 11 is 0. The molecule has 0 aliphatic carbocycles. The maximum atomic E-state index is 5.75. The molecule has 2 nitrogen and oxygen atoms in total.